The Morgan fingerprint density at radius 3 is 2.09 bits per heavy atom. The first-order valence-corrected chi connectivity index (χ1v) is 13.1. The number of nitrogens with zero attached hydrogens (tertiary/aromatic N) is 2. The lowest BCUT2D eigenvalue weighted by Crippen LogP contribution is -2.41. The summed E-state index contributed by atoms with van der Waals surface area (Å²) in [4.78, 5) is 28.8. The lowest BCUT2D eigenvalue weighted by atomic mass is 9.94. The van der Waals surface area contributed by atoms with Crippen molar-refractivity contribution >= 4 is 11.8 Å². The molecule has 188 valence electrons. The number of hydrogen-bond acceptors (Lipinski definition) is 5. The molecule has 0 spiro atoms. The van der Waals surface area contributed by atoms with E-state index < -0.39 is 0 Å². The van der Waals surface area contributed by atoms with Gasteiger partial charge < -0.3 is 24.6 Å². The number of nitrogens with one attached hydrogen (secondary N) is 1. The Balaban J connectivity index is 0.00000249. The molecule has 0 aromatic carbocycles. The van der Waals surface area contributed by atoms with Crippen molar-refractivity contribution in [1.29, 1.82) is 0 Å². The van der Waals surface area contributed by atoms with Crippen molar-refractivity contribution in [1.82, 2.24) is 15.1 Å². The topological polar surface area (TPSA) is 71.1 Å². The highest BCUT2D eigenvalue weighted by molar-refractivity contribution is 5.78. The van der Waals surface area contributed by atoms with Crippen molar-refractivity contribution in [2.45, 2.75) is 72.6 Å². The average molecular weight is 456 g/mol. The van der Waals surface area contributed by atoms with Crippen molar-refractivity contribution in [3.63, 3.8) is 0 Å². The fourth-order valence-electron chi connectivity index (χ4n) is 4.30. The smallest absolute Gasteiger partial charge is 0.223 e. The first kappa shape index (κ1) is 28.9. The third kappa shape index (κ3) is 11.6. The second-order valence-electron chi connectivity index (χ2n) is 8.56. The predicted octanol–water partition coefficient (Wildman–Crippen LogP) is 3.32. The van der Waals surface area contributed by atoms with Crippen molar-refractivity contribution < 1.29 is 19.1 Å². The van der Waals surface area contributed by atoms with Crippen LogP contribution >= 0.6 is 0 Å². The molecule has 2 fully saturated rings. The Hall–Kier alpha value is -1.18. The Bertz CT molecular complexity index is 444. The van der Waals surface area contributed by atoms with Gasteiger partial charge in [0.15, 0.2) is 0 Å². The summed E-state index contributed by atoms with van der Waals surface area (Å²) in [5.41, 5.74) is 0. The van der Waals surface area contributed by atoms with Gasteiger partial charge in [-0.2, -0.15) is 0 Å². The minimum atomic E-state index is 0.150. The van der Waals surface area contributed by atoms with Crippen LogP contribution in [0.5, 0.6) is 0 Å². The number of amides is 2. The first-order valence-electron chi connectivity index (χ1n) is 13.1. The van der Waals surface area contributed by atoms with E-state index in [0.29, 0.717) is 39.4 Å². The number of hydrogen-bond donors (Lipinski definition) is 1. The molecule has 2 aliphatic rings. The van der Waals surface area contributed by atoms with E-state index in [1.54, 1.807) is 0 Å². The quantitative estimate of drug-likeness (QED) is 0.432. The van der Waals surface area contributed by atoms with Gasteiger partial charge in [0, 0.05) is 38.6 Å². The summed E-state index contributed by atoms with van der Waals surface area (Å²) < 4.78 is 11.1. The van der Waals surface area contributed by atoms with Crippen LogP contribution in [0.15, 0.2) is 0 Å². The maximum absolute atomic E-state index is 12.2. The molecule has 1 N–H and O–H groups in total. The molecule has 0 aromatic rings. The van der Waals surface area contributed by atoms with Gasteiger partial charge in [0.25, 0.3) is 0 Å². The highest BCUT2D eigenvalue weighted by Gasteiger charge is 2.24. The lowest BCUT2D eigenvalue weighted by Gasteiger charge is -2.31. The number of rotatable bonds is 13. The van der Waals surface area contributed by atoms with Gasteiger partial charge in [-0.25, -0.2) is 0 Å². The SMILES string of the molecule is CC.CCC1CCN(C(=O)CCCOCCOCCNC(=O)C2CCN(CC)CC2)CC1. The standard InChI is InChI=1S/C23H43N3O4.C2H6/c1-3-20-7-14-26(15-8-20)22(27)6-5-16-29-18-19-30-17-11-24-23(28)21-9-12-25(4-2)13-10-21;1-2/h20-21H,3-19H2,1-2H3,(H,24,28);1-2H3. The summed E-state index contributed by atoms with van der Waals surface area (Å²) in [6.07, 6.45) is 6.76. The van der Waals surface area contributed by atoms with Crippen LogP contribution in [-0.4, -0.2) is 87.3 Å². The second-order valence-corrected chi connectivity index (χ2v) is 8.56. The Morgan fingerprint density at radius 2 is 1.50 bits per heavy atom. The van der Waals surface area contributed by atoms with Crippen LogP contribution in [0.1, 0.15) is 72.6 Å². The maximum atomic E-state index is 12.2. The molecular formula is C25H49N3O4. The van der Waals surface area contributed by atoms with E-state index in [4.69, 9.17) is 9.47 Å². The predicted molar refractivity (Wildman–Crippen MR) is 130 cm³/mol. The van der Waals surface area contributed by atoms with Gasteiger partial charge in [-0.15, -0.1) is 0 Å². The molecule has 32 heavy (non-hydrogen) atoms. The van der Waals surface area contributed by atoms with Crippen molar-refractivity contribution in [3.05, 3.63) is 0 Å². The number of piperidine rings is 2. The number of carbonyl (C=O) groups is 2. The lowest BCUT2D eigenvalue weighted by molar-refractivity contribution is -0.133. The summed E-state index contributed by atoms with van der Waals surface area (Å²) in [7, 11) is 0. The molecule has 7 nitrogen and oxygen atoms in total. The van der Waals surface area contributed by atoms with Gasteiger partial charge >= 0.3 is 0 Å². The van der Waals surface area contributed by atoms with E-state index in [0.717, 1.165) is 70.7 Å². The number of likely N-dealkylation sites (tertiary alicyclic amines) is 2. The third-order valence-corrected chi connectivity index (χ3v) is 6.55. The molecule has 0 saturated carbocycles. The van der Waals surface area contributed by atoms with E-state index in [1.165, 1.54) is 6.42 Å². The summed E-state index contributed by atoms with van der Waals surface area (Å²) in [6, 6.07) is 0. The summed E-state index contributed by atoms with van der Waals surface area (Å²) in [6.45, 7) is 16.0. The van der Waals surface area contributed by atoms with Crippen molar-refractivity contribution in [2.24, 2.45) is 11.8 Å². The van der Waals surface area contributed by atoms with Gasteiger partial charge in [-0.05, 0) is 57.7 Å². The fourth-order valence-corrected chi connectivity index (χ4v) is 4.30. The van der Waals surface area contributed by atoms with E-state index in [-0.39, 0.29) is 17.7 Å². The van der Waals surface area contributed by atoms with Crippen LogP contribution in [0.25, 0.3) is 0 Å². The maximum Gasteiger partial charge on any atom is 0.223 e. The van der Waals surface area contributed by atoms with Gasteiger partial charge in [0.1, 0.15) is 0 Å². The molecule has 2 rings (SSSR count). The molecule has 2 saturated heterocycles. The molecule has 2 heterocycles. The molecule has 0 bridgehead atoms. The molecule has 0 aromatic heterocycles. The van der Waals surface area contributed by atoms with Crippen molar-refractivity contribution in [3.8, 4) is 0 Å². The van der Waals surface area contributed by atoms with Gasteiger partial charge in [0.05, 0.1) is 19.8 Å². The van der Waals surface area contributed by atoms with Crippen LogP contribution in [0.2, 0.25) is 0 Å². The largest absolute Gasteiger partial charge is 0.379 e. The Kier molecular flexibility index (Phi) is 16.5. The minimum absolute atomic E-state index is 0.150. The van der Waals surface area contributed by atoms with E-state index in [9.17, 15) is 9.59 Å². The highest BCUT2D eigenvalue weighted by atomic mass is 16.5. The highest BCUT2D eigenvalue weighted by Crippen LogP contribution is 2.20. The molecule has 0 unspecified atom stereocenters. The molecule has 7 heteroatoms. The first-order chi connectivity index (χ1) is 15.6. The number of carbonyl (C=O) groups excluding carboxylic acids is 2. The van der Waals surface area contributed by atoms with Gasteiger partial charge in [-0.1, -0.05) is 34.1 Å². The molecule has 0 radical (unpaired) electrons. The zero-order chi connectivity index (χ0) is 23.6. The van der Waals surface area contributed by atoms with Crippen LogP contribution in [0.4, 0.5) is 0 Å². The molecule has 0 atom stereocenters. The zero-order valence-corrected chi connectivity index (χ0v) is 21.2. The monoisotopic (exact) mass is 455 g/mol. The Labute approximate surface area is 196 Å². The zero-order valence-electron chi connectivity index (χ0n) is 21.2. The minimum Gasteiger partial charge on any atom is -0.379 e. The molecule has 2 amide bonds. The molecule has 2 aliphatic heterocycles. The van der Waals surface area contributed by atoms with Crippen LogP contribution in [-0.2, 0) is 19.1 Å². The normalized spacial score (nSPS) is 18.2. The summed E-state index contributed by atoms with van der Waals surface area (Å²) in [5.74, 6) is 1.37. The second kappa shape index (κ2) is 18.3. The van der Waals surface area contributed by atoms with Crippen LogP contribution in [0.3, 0.4) is 0 Å². The van der Waals surface area contributed by atoms with E-state index in [1.807, 2.05) is 18.7 Å². The summed E-state index contributed by atoms with van der Waals surface area (Å²) in [5, 5.41) is 2.98. The third-order valence-electron chi connectivity index (χ3n) is 6.55. The fraction of sp³-hybridized carbons (Fsp3) is 0.920. The van der Waals surface area contributed by atoms with Gasteiger partial charge in [0.2, 0.25) is 11.8 Å². The van der Waals surface area contributed by atoms with Crippen LogP contribution < -0.4 is 5.32 Å². The summed E-state index contributed by atoms with van der Waals surface area (Å²) >= 11 is 0. The average Bonchev–Trinajstić information content (AvgIpc) is 2.86. The van der Waals surface area contributed by atoms with Crippen molar-refractivity contribution in [2.75, 3.05) is 65.7 Å². The molecule has 0 aliphatic carbocycles. The van der Waals surface area contributed by atoms with Gasteiger partial charge in [-0.3, -0.25) is 9.59 Å². The van der Waals surface area contributed by atoms with Crippen LogP contribution in [0, 0.1) is 11.8 Å². The van der Waals surface area contributed by atoms with E-state index >= 15 is 0 Å². The Morgan fingerprint density at radius 1 is 0.875 bits per heavy atom. The van der Waals surface area contributed by atoms with E-state index in [2.05, 4.69) is 24.1 Å². The molecular weight excluding hydrogens is 406 g/mol. The number of ether oxygens (including phenoxy) is 2.